The molecule has 2 unspecified atom stereocenters. The maximum Gasteiger partial charge on any atom is 0.349 e. The van der Waals surface area contributed by atoms with Crippen LogP contribution < -0.4 is 11.2 Å². The second-order valence-electron chi connectivity index (χ2n) is 8.45. The lowest BCUT2D eigenvalue weighted by molar-refractivity contribution is -0.143. The third kappa shape index (κ3) is 3.97. The number of aliphatic carboxylic acids is 1. The largest absolute Gasteiger partial charge is 0.481 e. The molecule has 1 aromatic rings. The van der Waals surface area contributed by atoms with Crippen LogP contribution in [-0.4, -0.2) is 55.1 Å². The number of likely N-dealkylation sites (tertiary alicyclic amines) is 1. The number of H-pyrrole nitrogens is 1. The first-order chi connectivity index (χ1) is 14.8. The molecule has 0 spiro atoms. The number of nitrogens with one attached hydrogen (secondary N) is 1. The standard InChI is InChI=1S/C22H27N5O4/c1-4-15(11-26-7-5-6-14(10-26)21(29)30)27-17-9-13(3)12(2)8-16(17)23-18-19(27)24-22(31)25-20(18)28/h8-9,14-15H,4-7,10-11H2,1-3H3,(H,29,30)(H,25,28,31). The molecule has 1 saturated heterocycles. The topological polar surface area (TPSA) is 121 Å². The average Bonchev–Trinajstić information content (AvgIpc) is 2.72. The predicted molar refractivity (Wildman–Crippen MR) is 117 cm³/mol. The molecule has 2 N–H and O–H groups in total. The molecule has 2 atom stereocenters. The number of aryl methyl sites for hydroxylation is 2. The Morgan fingerprint density at radius 1 is 1.26 bits per heavy atom. The van der Waals surface area contributed by atoms with E-state index in [9.17, 15) is 19.5 Å². The Morgan fingerprint density at radius 2 is 2.00 bits per heavy atom. The van der Waals surface area contributed by atoms with E-state index in [4.69, 9.17) is 0 Å². The highest BCUT2D eigenvalue weighted by molar-refractivity contribution is 5.81. The molecule has 0 bridgehead atoms. The molecule has 3 aliphatic heterocycles. The average molecular weight is 425 g/mol. The maximum atomic E-state index is 12.5. The summed E-state index contributed by atoms with van der Waals surface area (Å²) in [5, 5.41) is 9.44. The van der Waals surface area contributed by atoms with E-state index in [0.29, 0.717) is 25.0 Å². The van der Waals surface area contributed by atoms with Gasteiger partial charge in [-0.2, -0.15) is 4.98 Å². The van der Waals surface area contributed by atoms with E-state index < -0.39 is 17.2 Å². The Kier molecular flexibility index (Phi) is 5.62. The second kappa shape index (κ2) is 8.22. The van der Waals surface area contributed by atoms with E-state index in [1.165, 1.54) is 0 Å². The molecule has 0 amide bonds. The minimum absolute atomic E-state index is 0.101. The lowest BCUT2D eigenvalue weighted by Gasteiger charge is -2.35. The van der Waals surface area contributed by atoms with Gasteiger partial charge in [0.2, 0.25) is 0 Å². The number of nitrogens with zero attached hydrogens (tertiary/aromatic N) is 4. The summed E-state index contributed by atoms with van der Waals surface area (Å²) in [6.45, 7) is 7.96. The van der Waals surface area contributed by atoms with Crippen molar-refractivity contribution in [3.05, 3.63) is 44.1 Å². The van der Waals surface area contributed by atoms with Gasteiger partial charge >= 0.3 is 11.7 Å². The molecule has 3 aliphatic rings. The molecule has 9 nitrogen and oxygen atoms in total. The molecule has 164 valence electrons. The van der Waals surface area contributed by atoms with Crippen molar-refractivity contribution in [3.63, 3.8) is 0 Å². The van der Waals surface area contributed by atoms with E-state index in [0.717, 1.165) is 36.0 Å². The number of aromatic nitrogens is 4. The molecule has 4 rings (SSSR count). The van der Waals surface area contributed by atoms with Crippen molar-refractivity contribution in [2.45, 2.75) is 46.1 Å². The van der Waals surface area contributed by atoms with Crippen LogP contribution in [0.4, 0.5) is 0 Å². The number of benzene rings is 1. The van der Waals surface area contributed by atoms with Crippen LogP contribution in [0.5, 0.6) is 0 Å². The molecule has 1 aromatic carbocycles. The number of carbonyl (C=O) groups is 1. The molecular formula is C22H27N5O4. The van der Waals surface area contributed by atoms with Crippen LogP contribution in [0.1, 0.15) is 43.4 Å². The van der Waals surface area contributed by atoms with Crippen LogP contribution in [0, 0.1) is 19.8 Å². The Morgan fingerprint density at radius 3 is 2.71 bits per heavy atom. The zero-order chi connectivity index (χ0) is 22.3. The minimum atomic E-state index is -0.763. The van der Waals surface area contributed by atoms with Gasteiger partial charge in [-0.3, -0.25) is 14.6 Å². The Hall–Kier alpha value is -3.07. The smallest absolute Gasteiger partial charge is 0.349 e. The zero-order valence-electron chi connectivity index (χ0n) is 18.0. The minimum Gasteiger partial charge on any atom is -0.481 e. The van der Waals surface area contributed by atoms with Crippen molar-refractivity contribution in [2.75, 3.05) is 19.6 Å². The van der Waals surface area contributed by atoms with E-state index in [1.54, 1.807) is 0 Å². The third-order valence-corrected chi connectivity index (χ3v) is 6.33. The fourth-order valence-corrected chi connectivity index (χ4v) is 4.49. The Bertz CT molecular complexity index is 1230. The van der Waals surface area contributed by atoms with E-state index in [-0.39, 0.29) is 23.5 Å². The number of fused-ring (bicyclic) bond motifs is 2. The number of carboxylic acid groups (broad SMARTS) is 1. The van der Waals surface area contributed by atoms with Crippen LogP contribution in [0.25, 0.3) is 22.6 Å². The highest BCUT2D eigenvalue weighted by Crippen LogP contribution is 2.30. The normalized spacial score (nSPS) is 18.5. The van der Waals surface area contributed by atoms with Crippen molar-refractivity contribution in [1.29, 1.82) is 0 Å². The molecular weight excluding hydrogens is 398 g/mol. The first-order valence-electron chi connectivity index (χ1n) is 10.7. The molecule has 9 heteroatoms. The highest BCUT2D eigenvalue weighted by Gasteiger charge is 2.29. The molecule has 0 aromatic heterocycles. The van der Waals surface area contributed by atoms with Crippen molar-refractivity contribution in [3.8, 4) is 11.5 Å². The van der Waals surface area contributed by atoms with Crippen LogP contribution in [0.2, 0.25) is 0 Å². The first-order valence-corrected chi connectivity index (χ1v) is 10.7. The monoisotopic (exact) mass is 425 g/mol. The van der Waals surface area contributed by atoms with Crippen LogP contribution >= 0.6 is 0 Å². The van der Waals surface area contributed by atoms with E-state index in [2.05, 4.69) is 19.9 Å². The lowest BCUT2D eigenvalue weighted by atomic mass is 9.97. The number of hydrogen-bond acceptors (Lipinski definition) is 6. The van der Waals surface area contributed by atoms with Crippen molar-refractivity contribution < 1.29 is 9.90 Å². The summed E-state index contributed by atoms with van der Waals surface area (Å²) in [4.78, 5) is 49.1. The summed E-state index contributed by atoms with van der Waals surface area (Å²) in [5.41, 5.74) is 2.50. The highest BCUT2D eigenvalue weighted by atomic mass is 16.4. The van der Waals surface area contributed by atoms with Gasteiger partial charge in [-0.15, -0.1) is 0 Å². The van der Waals surface area contributed by atoms with Gasteiger partial charge in [0.05, 0.1) is 17.0 Å². The van der Waals surface area contributed by atoms with Crippen molar-refractivity contribution in [1.82, 2.24) is 24.4 Å². The van der Waals surface area contributed by atoms with Crippen LogP contribution in [0.3, 0.4) is 0 Å². The lowest BCUT2D eigenvalue weighted by Crippen LogP contribution is -2.42. The van der Waals surface area contributed by atoms with Gasteiger partial charge in [0.15, 0.2) is 11.5 Å². The maximum absolute atomic E-state index is 12.5. The van der Waals surface area contributed by atoms with Gasteiger partial charge in [0.1, 0.15) is 0 Å². The number of hydrogen-bond donors (Lipinski definition) is 2. The summed E-state index contributed by atoms with van der Waals surface area (Å²) in [7, 11) is 0. The van der Waals surface area contributed by atoms with Gasteiger partial charge in [0.25, 0.3) is 5.56 Å². The van der Waals surface area contributed by atoms with Gasteiger partial charge < -0.3 is 14.6 Å². The molecule has 1 fully saturated rings. The number of piperidine rings is 1. The molecule has 31 heavy (non-hydrogen) atoms. The molecule has 0 saturated carbocycles. The molecule has 3 heterocycles. The summed E-state index contributed by atoms with van der Waals surface area (Å²) < 4.78 is 1.95. The van der Waals surface area contributed by atoms with Crippen molar-refractivity contribution >= 4 is 17.0 Å². The Balaban J connectivity index is 1.88. The fraction of sp³-hybridized carbons (Fsp3) is 0.500. The van der Waals surface area contributed by atoms with E-state index in [1.807, 2.05) is 37.5 Å². The first kappa shape index (κ1) is 21.2. The van der Waals surface area contributed by atoms with Gasteiger partial charge in [0, 0.05) is 19.1 Å². The Labute approximate surface area is 179 Å². The zero-order valence-corrected chi connectivity index (χ0v) is 18.0. The van der Waals surface area contributed by atoms with Crippen molar-refractivity contribution in [2.24, 2.45) is 5.92 Å². The number of aromatic amines is 1. The van der Waals surface area contributed by atoms with Crippen LogP contribution in [-0.2, 0) is 4.79 Å². The number of rotatable bonds is 5. The summed E-state index contributed by atoms with van der Waals surface area (Å²) in [5.74, 6) is -0.870. The third-order valence-electron chi connectivity index (χ3n) is 6.33. The SMILES string of the molecule is CCC(CN1CCCC(C(=O)O)C1)n1c2nc(=O)[nH]c(=O)c-2nc2cc(C)c(C)cc21. The summed E-state index contributed by atoms with van der Waals surface area (Å²) in [6, 6.07) is 3.86. The van der Waals surface area contributed by atoms with Gasteiger partial charge in [-0.05, 0) is 62.9 Å². The summed E-state index contributed by atoms with van der Waals surface area (Å²) >= 11 is 0. The summed E-state index contributed by atoms with van der Waals surface area (Å²) in [6.07, 6.45) is 2.24. The number of carboxylic acids is 1. The quantitative estimate of drug-likeness (QED) is 0.599. The second-order valence-corrected chi connectivity index (χ2v) is 8.45. The van der Waals surface area contributed by atoms with E-state index >= 15 is 0 Å². The fourth-order valence-electron chi connectivity index (χ4n) is 4.49. The van der Waals surface area contributed by atoms with Crippen LogP contribution in [0.15, 0.2) is 21.7 Å². The van der Waals surface area contributed by atoms with Gasteiger partial charge in [-0.1, -0.05) is 6.92 Å². The predicted octanol–water partition coefficient (Wildman–Crippen LogP) is 1.95. The molecule has 0 aliphatic carbocycles. The molecule has 0 radical (unpaired) electrons. The van der Waals surface area contributed by atoms with Gasteiger partial charge in [-0.25, -0.2) is 9.78 Å².